The first-order valence-electron chi connectivity index (χ1n) is 12.9. The lowest BCUT2D eigenvalue weighted by Crippen LogP contribution is -2.56. The number of ether oxygens (including phenoxy) is 1. The first kappa shape index (κ1) is 35.1. The molecular formula is C24H52N2O7S+3. The van der Waals surface area contributed by atoms with Gasteiger partial charge < -0.3 is 16.0 Å². The van der Waals surface area contributed by atoms with E-state index in [1.54, 1.807) is 0 Å². The van der Waals surface area contributed by atoms with E-state index in [0.29, 0.717) is 6.42 Å². The van der Waals surface area contributed by atoms with Crippen molar-refractivity contribution in [2.75, 3.05) is 6.61 Å². The molecular weight excluding hydrogens is 460 g/mol. The molecule has 10 heteroatoms. The van der Waals surface area contributed by atoms with Crippen LogP contribution in [0.1, 0.15) is 129 Å². The van der Waals surface area contributed by atoms with Crippen molar-refractivity contribution in [3.63, 3.8) is 0 Å². The van der Waals surface area contributed by atoms with E-state index in [4.69, 9.17) is 9.84 Å². The van der Waals surface area contributed by atoms with Crippen LogP contribution in [-0.2, 0) is 37.9 Å². The molecule has 34 heavy (non-hydrogen) atoms. The number of carbonyl (C=O) groups is 2. The summed E-state index contributed by atoms with van der Waals surface area (Å²) in [6.45, 7) is 2.33. The van der Waals surface area contributed by atoms with Gasteiger partial charge in [-0.2, -0.15) is 5.90 Å². The molecule has 0 aromatic carbocycles. The first-order chi connectivity index (χ1) is 15.8. The number of carboxylic acids is 1. The number of carbonyl (C=O) groups excluding carboxylic acids is 1. The Morgan fingerprint density at radius 1 is 0.765 bits per heavy atom. The number of unbranched alkanes of at least 4 members (excludes halogenated alkanes) is 17. The van der Waals surface area contributed by atoms with Crippen molar-refractivity contribution in [3.05, 3.63) is 0 Å². The molecule has 0 bridgehead atoms. The van der Waals surface area contributed by atoms with Gasteiger partial charge in [0.25, 0.3) is 5.25 Å². The van der Waals surface area contributed by atoms with Crippen LogP contribution in [0.3, 0.4) is 0 Å². The fourth-order valence-corrected chi connectivity index (χ4v) is 4.63. The smallest absolute Gasteiger partial charge is 0.463 e. The number of rotatable bonds is 24. The van der Waals surface area contributed by atoms with E-state index in [1.165, 1.54) is 89.9 Å². The monoisotopic (exact) mass is 512 g/mol. The number of hydrogen-bond acceptors (Lipinski definition) is 5. The summed E-state index contributed by atoms with van der Waals surface area (Å²) in [5.74, 6) is 0.237. The normalized spacial score (nSPS) is 13.6. The van der Waals surface area contributed by atoms with Crippen LogP contribution in [0.25, 0.3) is 0 Å². The Morgan fingerprint density at radius 3 is 1.44 bits per heavy atom. The van der Waals surface area contributed by atoms with Gasteiger partial charge in [-0.1, -0.05) is 116 Å². The second-order valence-corrected chi connectivity index (χ2v) is 10.7. The lowest BCUT2D eigenvalue weighted by molar-refractivity contribution is -0.637. The fourth-order valence-electron chi connectivity index (χ4n) is 3.81. The molecule has 0 aromatic rings. The van der Waals surface area contributed by atoms with Gasteiger partial charge in [0.2, 0.25) is 0 Å². The molecule has 0 heterocycles. The fraction of sp³-hybridized carbons (Fsp3) is 0.917. The Labute approximate surface area is 207 Å². The van der Waals surface area contributed by atoms with Crippen LogP contribution in [0.15, 0.2) is 0 Å². The van der Waals surface area contributed by atoms with Crippen molar-refractivity contribution >= 4 is 22.4 Å². The van der Waals surface area contributed by atoms with E-state index in [1.807, 2.05) is 0 Å². The number of esters is 1. The van der Waals surface area contributed by atoms with Crippen LogP contribution in [0.5, 0.6) is 0 Å². The second kappa shape index (κ2) is 23.7. The molecule has 203 valence electrons. The lowest BCUT2D eigenvalue weighted by atomic mass is 10.0. The van der Waals surface area contributed by atoms with E-state index in [-0.39, 0.29) is 12.8 Å². The summed E-state index contributed by atoms with van der Waals surface area (Å²) in [4.78, 5) is 22.7. The highest BCUT2D eigenvalue weighted by Gasteiger charge is 2.52. The number of quaternary nitrogens is 2. The molecule has 8 N–H and O–H groups in total. The third-order valence-electron chi connectivity index (χ3n) is 5.88. The van der Waals surface area contributed by atoms with Crippen molar-refractivity contribution in [1.29, 1.82) is 0 Å². The molecule has 0 amide bonds. The minimum atomic E-state index is -4.40. The van der Waals surface area contributed by atoms with E-state index in [0.717, 1.165) is 19.3 Å². The van der Waals surface area contributed by atoms with E-state index >= 15 is 0 Å². The van der Waals surface area contributed by atoms with Gasteiger partial charge in [0.15, 0.2) is 0 Å². The minimum absolute atomic E-state index is 0. The van der Waals surface area contributed by atoms with Crippen LogP contribution in [0, 0.1) is 0 Å². The van der Waals surface area contributed by atoms with Crippen molar-refractivity contribution in [3.8, 4) is 0 Å². The molecule has 0 aliphatic heterocycles. The predicted octanol–water partition coefficient (Wildman–Crippen LogP) is 5.72. The van der Waals surface area contributed by atoms with Gasteiger partial charge in [-0.3, -0.25) is 4.79 Å². The molecule has 2 unspecified atom stereocenters. The molecule has 0 aromatic heterocycles. The highest BCUT2D eigenvalue weighted by atomic mass is 32.3. The van der Waals surface area contributed by atoms with Crippen molar-refractivity contribution < 1.29 is 38.4 Å². The average molecular weight is 513 g/mol. The quantitative estimate of drug-likeness (QED) is 0.0644. The zero-order chi connectivity index (χ0) is 24.8. The summed E-state index contributed by atoms with van der Waals surface area (Å²) in [6, 6.07) is 0. The van der Waals surface area contributed by atoms with Crippen LogP contribution >= 0.6 is 0 Å². The van der Waals surface area contributed by atoms with E-state index in [2.05, 4.69) is 17.1 Å². The van der Waals surface area contributed by atoms with Gasteiger partial charge >= 0.3 is 22.4 Å². The number of carboxylic acid groups (broad SMARTS) is 1. The maximum absolute atomic E-state index is 11.9. The maximum atomic E-state index is 11.9. The zero-order valence-corrected chi connectivity index (χ0v) is 22.5. The summed E-state index contributed by atoms with van der Waals surface area (Å²) >= 11 is 0. The molecule has 0 spiro atoms. The minimum Gasteiger partial charge on any atom is -0.481 e. The van der Waals surface area contributed by atoms with Crippen LogP contribution in [0.4, 0.5) is 0 Å². The summed E-state index contributed by atoms with van der Waals surface area (Å²) < 4.78 is 32.2. The van der Waals surface area contributed by atoms with Crippen molar-refractivity contribution in [2.24, 2.45) is 0 Å². The number of aliphatic carboxylic acids is 1. The zero-order valence-electron chi connectivity index (χ0n) is 21.7. The Hall–Kier alpha value is -1.07. The molecule has 9 nitrogen and oxygen atoms in total. The summed E-state index contributed by atoms with van der Waals surface area (Å²) in [5, 5.41) is 6.89. The van der Waals surface area contributed by atoms with E-state index < -0.39 is 34.1 Å². The molecule has 0 aliphatic carbocycles. The van der Waals surface area contributed by atoms with Gasteiger partial charge in [-0.15, -0.1) is 0 Å². The van der Waals surface area contributed by atoms with Gasteiger partial charge in [-0.25, -0.2) is 4.79 Å². The third-order valence-corrected chi connectivity index (χ3v) is 7.26. The third kappa shape index (κ3) is 20.3. The molecule has 0 fully saturated rings. The van der Waals surface area contributed by atoms with E-state index in [9.17, 15) is 18.4 Å². The lowest BCUT2D eigenvalue weighted by Gasteiger charge is -2.09. The molecule has 0 rings (SSSR count). The average Bonchev–Trinajstić information content (AvgIpc) is 2.78. The highest BCUT2D eigenvalue weighted by molar-refractivity contribution is 7.94. The summed E-state index contributed by atoms with van der Waals surface area (Å²) in [7, 11) is -4.40. The van der Waals surface area contributed by atoms with Crippen LogP contribution in [0.2, 0.25) is 0 Å². The molecule has 2 atom stereocenters. The molecule has 0 aliphatic rings. The van der Waals surface area contributed by atoms with Crippen LogP contribution in [-0.4, -0.2) is 28.9 Å². The molecule has 0 saturated heterocycles. The predicted molar refractivity (Wildman–Crippen MR) is 134 cm³/mol. The van der Waals surface area contributed by atoms with Gasteiger partial charge in [-0.05, 0) is 10.6 Å². The summed E-state index contributed by atoms with van der Waals surface area (Å²) in [5.41, 5.74) is 0. The maximum Gasteiger partial charge on any atom is 0.463 e. The standard InChI is InChI=1S/C24H47NO7S.H3N/c1-2-3-4-5-6-7-8-9-10-11-12-13-14-15-16-17-18-19-20-31-24(28)22(21-23(26)27)33(29,30)32-25;/h22H,2-21H2,1,25H3;1H3/q+1;/p+2. The number of hydrogen-bond donors (Lipinski definition) is 3. The van der Waals surface area contributed by atoms with Crippen LogP contribution < -0.4 is 12.0 Å². The van der Waals surface area contributed by atoms with Gasteiger partial charge in [0.05, 0.1) is 11.2 Å². The topological polar surface area (TPSA) is 174 Å². The first-order valence-corrected chi connectivity index (χ1v) is 14.4. The van der Waals surface area contributed by atoms with Gasteiger partial charge in [0.1, 0.15) is 6.42 Å². The van der Waals surface area contributed by atoms with Crippen molar-refractivity contribution in [1.82, 2.24) is 6.15 Å². The Bertz CT molecular complexity index is 549. The largest absolute Gasteiger partial charge is 0.481 e. The molecule has 0 saturated carbocycles. The highest BCUT2D eigenvalue weighted by Crippen LogP contribution is 2.17. The van der Waals surface area contributed by atoms with Gasteiger partial charge in [0, 0.05) is 4.28 Å². The Kier molecular flexibility index (Phi) is 24.4. The van der Waals surface area contributed by atoms with Crippen molar-refractivity contribution in [2.45, 2.75) is 134 Å². The molecule has 1 radical (unpaired) electrons. The Balaban J connectivity index is 0. The summed E-state index contributed by atoms with van der Waals surface area (Å²) in [6.07, 6.45) is 21.6. The second-order valence-electron chi connectivity index (χ2n) is 8.88. The SMILES string of the molecule is CCCCCCCCCCCCCCCCCCCCOC(=O)C(CC(=O)O)[S+]([O])(=O)O[NH3+].[NH4+]. The Morgan fingerprint density at radius 2 is 1.12 bits per heavy atom.